The molecule has 0 spiro atoms. The van der Waals surface area contributed by atoms with Crippen LogP contribution in [0.1, 0.15) is 17.2 Å². The largest absolute Gasteiger partial charge is 0.496 e. The Labute approximate surface area is 161 Å². The molecule has 0 saturated heterocycles. The molecular weight excluding hydrogens is 344 g/mol. The second-order valence-electron chi connectivity index (χ2n) is 6.39. The molecule has 0 radical (unpaired) electrons. The lowest BCUT2D eigenvalue weighted by Crippen LogP contribution is -2.35. The number of likely N-dealkylation sites (N-methyl/N-ethyl adjacent to an activating group) is 1. The third kappa shape index (κ3) is 5.37. The molecule has 1 atom stereocenters. The average Bonchev–Trinajstić information content (AvgIpc) is 2.68. The molecule has 0 aromatic heterocycles. The van der Waals surface area contributed by atoms with Crippen molar-refractivity contribution >= 4 is 5.91 Å². The van der Waals surface area contributed by atoms with Crippen LogP contribution < -0.4 is 19.5 Å². The van der Waals surface area contributed by atoms with Crippen LogP contribution in [0, 0.1) is 0 Å². The van der Waals surface area contributed by atoms with Crippen LogP contribution in [-0.4, -0.2) is 52.8 Å². The molecule has 0 bridgehead atoms. The van der Waals surface area contributed by atoms with E-state index >= 15 is 0 Å². The molecule has 1 N–H and O–H groups in total. The Balaban J connectivity index is 2.04. The molecule has 0 fully saturated rings. The topological polar surface area (TPSA) is 60.0 Å². The molecule has 0 aliphatic carbocycles. The van der Waals surface area contributed by atoms with E-state index in [-0.39, 0.29) is 18.4 Å². The Kier molecular flexibility index (Phi) is 7.49. The molecule has 2 aromatic rings. The van der Waals surface area contributed by atoms with Gasteiger partial charge in [-0.05, 0) is 37.9 Å². The van der Waals surface area contributed by atoms with E-state index in [9.17, 15) is 4.79 Å². The summed E-state index contributed by atoms with van der Waals surface area (Å²) in [7, 11) is 8.79. The average molecular weight is 372 g/mol. The number of hydrogen-bond donors (Lipinski definition) is 1. The van der Waals surface area contributed by atoms with Gasteiger partial charge in [0.15, 0.2) is 11.5 Å². The molecular formula is C21H28N2O4. The lowest BCUT2D eigenvalue weighted by atomic mass is 10.0. The monoisotopic (exact) mass is 372 g/mol. The third-order valence-corrected chi connectivity index (χ3v) is 4.43. The van der Waals surface area contributed by atoms with Gasteiger partial charge in [-0.2, -0.15) is 0 Å². The maximum Gasteiger partial charge on any atom is 0.224 e. The first-order valence-electron chi connectivity index (χ1n) is 8.77. The van der Waals surface area contributed by atoms with E-state index in [1.807, 2.05) is 50.5 Å². The second-order valence-corrected chi connectivity index (χ2v) is 6.39. The van der Waals surface area contributed by atoms with Crippen LogP contribution in [0.3, 0.4) is 0 Å². The van der Waals surface area contributed by atoms with E-state index in [1.54, 1.807) is 27.4 Å². The van der Waals surface area contributed by atoms with Crippen LogP contribution in [0.15, 0.2) is 42.5 Å². The van der Waals surface area contributed by atoms with E-state index in [2.05, 4.69) is 10.2 Å². The highest BCUT2D eigenvalue weighted by molar-refractivity contribution is 5.78. The molecule has 0 heterocycles. The van der Waals surface area contributed by atoms with E-state index in [0.29, 0.717) is 18.0 Å². The number of carbonyl (C=O) groups is 1. The van der Waals surface area contributed by atoms with Crippen LogP contribution in [0.2, 0.25) is 0 Å². The van der Waals surface area contributed by atoms with Gasteiger partial charge in [0.05, 0.1) is 33.8 Å². The van der Waals surface area contributed by atoms with Crippen LogP contribution >= 0.6 is 0 Å². The summed E-state index contributed by atoms with van der Waals surface area (Å²) in [5, 5.41) is 3.02. The standard InChI is InChI=1S/C21H28N2O4/c1-23(2)17(16-8-6-7-9-18(16)25-3)14-22-21(24)13-15-10-11-19(26-4)20(12-15)27-5/h6-12,17H,13-14H2,1-5H3,(H,22,24). The first-order valence-corrected chi connectivity index (χ1v) is 8.77. The summed E-state index contributed by atoms with van der Waals surface area (Å²) in [5.41, 5.74) is 1.90. The minimum Gasteiger partial charge on any atom is -0.496 e. The zero-order chi connectivity index (χ0) is 19.8. The van der Waals surface area contributed by atoms with Gasteiger partial charge in [-0.1, -0.05) is 24.3 Å². The number of rotatable bonds is 9. The van der Waals surface area contributed by atoms with Crippen LogP contribution in [0.4, 0.5) is 0 Å². The number of ether oxygens (including phenoxy) is 3. The molecule has 2 aromatic carbocycles. The van der Waals surface area contributed by atoms with Gasteiger partial charge in [0.25, 0.3) is 0 Å². The minimum atomic E-state index is -0.0519. The highest BCUT2D eigenvalue weighted by Crippen LogP contribution is 2.28. The van der Waals surface area contributed by atoms with Crippen molar-refractivity contribution in [1.82, 2.24) is 10.2 Å². The van der Waals surface area contributed by atoms with Gasteiger partial charge < -0.3 is 24.4 Å². The van der Waals surface area contributed by atoms with Crippen molar-refractivity contribution < 1.29 is 19.0 Å². The smallest absolute Gasteiger partial charge is 0.224 e. The highest BCUT2D eigenvalue weighted by atomic mass is 16.5. The van der Waals surface area contributed by atoms with E-state index in [0.717, 1.165) is 16.9 Å². The molecule has 146 valence electrons. The maximum atomic E-state index is 12.4. The predicted molar refractivity (Wildman–Crippen MR) is 106 cm³/mol. The quantitative estimate of drug-likeness (QED) is 0.733. The molecule has 0 saturated carbocycles. The van der Waals surface area contributed by atoms with Crippen molar-refractivity contribution in [1.29, 1.82) is 0 Å². The lowest BCUT2D eigenvalue weighted by molar-refractivity contribution is -0.120. The summed E-state index contributed by atoms with van der Waals surface area (Å²) in [6.45, 7) is 0.486. The first kappa shape index (κ1) is 20.6. The number of hydrogen-bond acceptors (Lipinski definition) is 5. The second kappa shape index (κ2) is 9.83. The summed E-state index contributed by atoms with van der Waals surface area (Å²) in [6.07, 6.45) is 0.270. The molecule has 2 rings (SSSR count). The highest BCUT2D eigenvalue weighted by Gasteiger charge is 2.19. The van der Waals surface area contributed by atoms with E-state index in [1.165, 1.54) is 0 Å². The fraction of sp³-hybridized carbons (Fsp3) is 0.381. The van der Waals surface area contributed by atoms with Crippen LogP contribution in [0.5, 0.6) is 17.2 Å². The Hall–Kier alpha value is -2.73. The number of nitrogens with one attached hydrogen (secondary N) is 1. The van der Waals surface area contributed by atoms with Gasteiger partial charge >= 0.3 is 0 Å². The summed E-state index contributed by atoms with van der Waals surface area (Å²) >= 11 is 0. The molecule has 0 aliphatic heterocycles. The van der Waals surface area contributed by atoms with Crippen molar-refractivity contribution in [2.75, 3.05) is 42.0 Å². The molecule has 27 heavy (non-hydrogen) atoms. The number of nitrogens with zero attached hydrogens (tertiary/aromatic N) is 1. The van der Waals surface area contributed by atoms with Gasteiger partial charge in [0.2, 0.25) is 5.91 Å². The summed E-state index contributed by atoms with van der Waals surface area (Å²) in [5.74, 6) is 2.02. The third-order valence-electron chi connectivity index (χ3n) is 4.43. The van der Waals surface area contributed by atoms with Gasteiger partial charge in [0.1, 0.15) is 5.75 Å². The SMILES string of the molecule is COc1ccc(CC(=O)NCC(c2ccccc2OC)N(C)C)cc1OC. The van der Waals surface area contributed by atoms with Gasteiger partial charge in [-0.15, -0.1) is 0 Å². The van der Waals surface area contributed by atoms with Crippen LogP contribution in [-0.2, 0) is 11.2 Å². The number of carbonyl (C=O) groups excluding carboxylic acids is 1. The van der Waals surface area contributed by atoms with Gasteiger partial charge in [-0.3, -0.25) is 4.79 Å². The molecule has 0 aliphatic rings. The predicted octanol–water partition coefficient (Wildman–Crippen LogP) is 2.67. The molecule has 6 heteroatoms. The zero-order valence-corrected chi connectivity index (χ0v) is 16.6. The molecule has 6 nitrogen and oxygen atoms in total. The number of benzene rings is 2. The summed E-state index contributed by atoms with van der Waals surface area (Å²) in [6, 6.07) is 13.4. The number of methoxy groups -OCH3 is 3. The number of amides is 1. The van der Waals surface area contributed by atoms with Gasteiger partial charge in [0, 0.05) is 12.1 Å². The van der Waals surface area contributed by atoms with E-state index < -0.39 is 0 Å². The summed E-state index contributed by atoms with van der Waals surface area (Å²) in [4.78, 5) is 14.5. The van der Waals surface area contributed by atoms with Crippen LogP contribution in [0.25, 0.3) is 0 Å². The molecule has 1 amide bonds. The van der Waals surface area contributed by atoms with Crippen molar-refractivity contribution in [3.8, 4) is 17.2 Å². The van der Waals surface area contributed by atoms with Gasteiger partial charge in [-0.25, -0.2) is 0 Å². The van der Waals surface area contributed by atoms with Crippen molar-refractivity contribution in [2.24, 2.45) is 0 Å². The van der Waals surface area contributed by atoms with Crippen molar-refractivity contribution in [2.45, 2.75) is 12.5 Å². The molecule has 1 unspecified atom stereocenters. The Morgan fingerprint density at radius 1 is 0.963 bits per heavy atom. The fourth-order valence-electron chi connectivity index (χ4n) is 2.96. The minimum absolute atomic E-state index is 0.00973. The Morgan fingerprint density at radius 2 is 1.63 bits per heavy atom. The van der Waals surface area contributed by atoms with Crippen molar-refractivity contribution in [3.63, 3.8) is 0 Å². The normalized spacial score (nSPS) is 11.8. The lowest BCUT2D eigenvalue weighted by Gasteiger charge is -2.26. The zero-order valence-electron chi connectivity index (χ0n) is 16.6. The number of para-hydroxylation sites is 1. The van der Waals surface area contributed by atoms with E-state index in [4.69, 9.17) is 14.2 Å². The summed E-state index contributed by atoms with van der Waals surface area (Å²) < 4.78 is 16.0. The van der Waals surface area contributed by atoms with Crippen molar-refractivity contribution in [3.05, 3.63) is 53.6 Å². The first-order chi connectivity index (χ1) is 13.0. The Bertz CT molecular complexity index is 762. The maximum absolute atomic E-state index is 12.4. The fourth-order valence-corrected chi connectivity index (χ4v) is 2.96. The Morgan fingerprint density at radius 3 is 2.26 bits per heavy atom.